The van der Waals surface area contributed by atoms with Gasteiger partial charge in [0.25, 0.3) is 0 Å². The lowest BCUT2D eigenvalue weighted by molar-refractivity contribution is -0.117. The van der Waals surface area contributed by atoms with E-state index in [-0.39, 0.29) is 11.8 Å². The van der Waals surface area contributed by atoms with Crippen molar-refractivity contribution >= 4 is 44.8 Å². The molecule has 0 aromatic carbocycles. The third-order valence-corrected chi connectivity index (χ3v) is 4.61. The molecule has 0 saturated carbocycles. The Morgan fingerprint density at radius 3 is 1.50 bits per heavy atom. The van der Waals surface area contributed by atoms with E-state index in [4.69, 9.17) is 0 Å². The van der Waals surface area contributed by atoms with E-state index in [1.807, 2.05) is 13.8 Å². The summed E-state index contributed by atoms with van der Waals surface area (Å²) < 4.78 is 0. The first-order valence-corrected chi connectivity index (χ1v) is 9.36. The smallest absolute Gasteiger partial charge is 0.226 e. The minimum Gasteiger partial charge on any atom is -0.301 e. The Morgan fingerprint density at radius 1 is 0.750 bits per heavy atom. The van der Waals surface area contributed by atoms with Gasteiger partial charge in [-0.05, 0) is 26.7 Å². The van der Waals surface area contributed by atoms with Crippen molar-refractivity contribution in [3.05, 3.63) is 10.0 Å². The Balaban J connectivity index is 1.50. The molecule has 0 aliphatic rings. The SMILES string of the molecule is Cc1nnc(NC(=O)CCCCCCC(=O)Nc2nnc(C)s2)s1. The molecular formula is C14H20N6O2S2. The molecule has 2 N–H and O–H groups in total. The average Bonchev–Trinajstić information content (AvgIpc) is 3.11. The van der Waals surface area contributed by atoms with E-state index in [2.05, 4.69) is 31.0 Å². The van der Waals surface area contributed by atoms with Crippen molar-refractivity contribution in [3.8, 4) is 0 Å². The maximum absolute atomic E-state index is 11.7. The molecule has 0 saturated heterocycles. The Hall–Kier alpha value is -1.94. The maximum Gasteiger partial charge on any atom is 0.226 e. The summed E-state index contributed by atoms with van der Waals surface area (Å²) in [6, 6.07) is 0. The second kappa shape index (κ2) is 9.38. The zero-order chi connectivity index (χ0) is 17.4. The van der Waals surface area contributed by atoms with Gasteiger partial charge in [-0.3, -0.25) is 9.59 Å². The lowest BCUT2D eigenvalue weighted by Crippen LogP contribution is -2.11. The van der Waals surface area contributed by atoms with Crippen LogP contribution in [0.1, 0.15) is 48.5 Å². The molecule has 0 atom stereocenters. The monoisotopic (exact) mass is 368 g/mol. The zero-order valence-corrected chi connectivity index (χ0v) is 15.3. The summed E-state index contributed by atoms with van der Waals surface area (Å²) in [5.74, 6) is -0.0916. The van der Waals surface area contributed by atoms with Crippen molar-refractivity contribution in [3.63, 3.8) is 0 Å². The molecule has 2 heterocycles. The molecule has 0 aliphatic heterocycles. The number of unbranched alkanes of at least 4 members (excludes halogenated alkanes) is 3. The standard InChI is InChI=1S/C14H20N6O2S2/c1-9-17-19-13(23-9)15-11(21)7-5-3-4-6-8-12(22)16-14-20-18-10(2)24-14/h3-8H2,1-2H3,(H,15,19,21)(H,16,20,22). The minimum atomic E-state index is -0.0458. The van der Waals surface area contributed by atoms with E-state index in [1.54, 1.807) is 0 Å². The largest absolute Gasteiger partial charge is 0.301 e. The van der Waals surface area contributed by atoms with E-state index >= 15 is 0 Å². The maximum atomic E-state index is 11.7. The van der Waals surface area contributed by atoms with E-state index in [0.717, 1.165) is 35.7 Å². The Morgan fingerprint density at radius 2 is 1.17 bits per heavy atom. The number of anilines is 2. The first-order valence-electron chi connectivity index (χ1n) is 7.73. The number of hydrogen-bond acceptors (Lipinski definition) is 8. The van der Waals surface area contributed by atoms with Gasteiger partial charge in [-0.15, -0.1) is 20.4 Å². The van der Waals surface area contributed by atoms with Gasteiger partial charge in [0.1, 0.15) is 10.0 Å². The quantitative estimate of drug-likeness (QED) is 0.659. The number of amides is 2. The molecule has 130 valence electrons. The molecule has 2 rings (SSSR count). The van der Waals surface area contributed by atoms with Gasteiger partial charge in [-0.1, -0.05) is 35.5 Å². The fourth-order valence-electron chi connectivity index (χ4n) is 1.98. The van der Waals surface area contributed by atoms with Crippen molar-refractivity contribution in [2.75, 3.05) is 10.6 Å². The highest BCUT2D eigenvalue weighted by Crippen LogP contribution is 2.16. The molecule has 24 heavy (non-hydrogen) atoms. The number of aromatic nitrogens is 4. The summed E-state index contributed by atoms with van der Waals surface area (Å²) >= 11 is 2.72. The lowest BCUT2D eigenvalue weighted by Gasteiger charge is -2.02. The predicted octanol–water partition coefficient (Wildman–Crippen LogP) is 2.92. The molecule has 0 spiro atoms. The number of rotatable bonds is 9. The van der Waals surface area contributed by atoms with Gasteiger partial charge in [0, 0.05) is 12.8 Å². The van der Waals surface area contributed by atoms with Crippen LogP contribution in [0, 0.1) is 13.8 Å². The highest BCUT2D eigenvalue weighted by atomic mass is 32.1. The van der Waals surface area contributed by atoms with Gasteiger partial charge in [-0.25, -0.2) is 0 Å². The molecule has 10 heteroatoms. The van der Waals surface area contributed by atoms with E-state index in [0.29, 0.717) is 23.1 Å². The molecule has 8 nitrogen and oxygen atoms in total. The van der Waals surface area contributed by atoms with Crippen LogP contribution in [0.15, 0.2) is 0 Å². The highest BCUT2D eigenvalue weighted by molar-refractivity contribution is 7.15. The minimum absolute atomic E-state index is 0.0458. The second-order valence-corrected chi connectivity index (χ2v) is 7.63. The van der Waals surface area contributed by atoms with Crippen LogP contribution in [-0.4, -0.2) is 32.2 Å². The van der Waals surface area contributed by atoms with Crippen molar-refractivity contribution in [2.45, 2.75) is 52.4 Å². The molecule has 0 aliphatic carbocycles. The van der Waals surface area contributed by atoms with Crippen molar-refractivity contribution in [1.82, 2.24) is 20.4 Å². The summed E-state index contributed by atoms with van der Waals surface area (Å²) in [6.07, 6.45) is 4.31. The Labute approximate surface area is 148 Å². The number of nitrogens with zero attached hydrogens (tertiary/aromatic N) is 4. The third kappa shape index (κ3) is 6.67. The lowest BCUT2D eigenvalue weighted by atomic mass is 10.1. The van der Waals surface area contributed by atoms with Crippen LogP contribution in [0.25, 0.3) is 0 Å². The van der Waals surface area contributed by atoms with E-state index in [9.17, 15) is 9.59 Å². The van der Waals surface area contributed by atoms with Crippen LogP contribution >= 0.6 is 22.7 Å². The van der Waals surface area contributed by atoms with E-state index < -0.39 is 0 Å². The summed E-state index contributed by atoms with van der Waals surface area (Å²) in [5.41, 5.74) is 0. The van der Waals surface area contributed by atoms with Crippen molar-refractivity contribution < 1.29 is 9.59 Å². The van der Waals surface area contributed by atoms with Gasteiger partial charge in [0.05, 0.1) is 0 Å². The summed E-state index contributed by atoms with van der Waals surface area (Å²) in [7, 11) is 0. The normalized spacial score (nSPS) is 10.6. The topological polar surface area (TPSA) is 110 Å². The number of aryl methyl sites for hydroxylation is 2. The average molecular weight is 368 g/mol. The van der Waals surface area contributed by atoms with Crippen LogP contribution in [-0.2, 0) is 9.59 Å². The number of carbonyl (C=O) groups excluding carboxylic acids is 2. The third-order valence-electron chi connectivity index (χ3n) is 3.10. The molecule has 2 amide bonds. The number of carbonyl (C=O) groups is 2. The molecular weight excluding hydrogens is 348 g/mol. The molecule has 0 bridgehead atoms. The fraction of sp³-hybridized carbons (Fsp3) is 0.571. The summed E-state index contributed by atoms with van der Waals surface area (Å²) in [5, 5.41) is 23.6. The van der Waals surface area contributed by atoms with Gasteiger partial charge >= 0.3 is 0 Å². The first kappa shape index (κ1) is 18.4. The molecule has 0 radical (unpaired) electrons. The molecule has 0 fully saturated rings. The van der Waals surface area contributed by atoms with Crippen LogP contribution in [0.4, 0.5) is 10.3 Å². The second-order valence-electron chi connectivity index (χ2n) is 5.26. The van der Waals surface area contributed by atoms with Gasteiger partial charge in [0.2, 0.25) is 22.1 Å². The van der Waals surface area contributed by atoms with Crippen molar-refractivity contribution in [1.29, 1.82) is 0 Å². The molecule has 2 aromatic rings. The summed E-state index contributed by atoms with van der Waals surface area (Å²) in [6.45, 7) is 3.69. The number of nitrogens with one attached hydrogen (secondary N) is 2. The molecule has 2 aromatic heterocycles. The van der Waals surface area contributed by atoms with Gasteiger partial charge in [0.15, 0.2) is 0 Å². The summed E-state index contributed by atoms with van der Waals surface area (Å²) in [4.78, 5) is 23.4. The van der Waals surface area contributed by atoms with Crippen LogP contribution in [0.3, 0.4) is 0 Å². The van der Waals surface area contributed by atoms with Crippen LogP contribution in [0.5, 0.6) is 0 Å². The van der Waals surface area contributed by atoms with E-state index in [1.165, 1.54) is 22.7 Å². The highest BCUT2D eigenvalue weighted by Gasteiger charge is 2.07. The zero-order valence-electron chi connectivity index (χ0n) is 13.7. The Bertz CT molecular complexity index is 626. The first-order chi connectivity index (χ1) is 11.5. The number of hydrogen-bond donors (Lipinski definition) is 2. The molecule has 0 unspecified atom stereocenters. The van der Waals surface area contributed by atoms with Gasteiger partial charge in [-0.2, -0.15) is 0 Å². The Kier molecular flexibility index (Phi) is 7.19. The van der Waals surface area contributed by atoms with Crippen LogP contribution < -0.4 is 10.6 Å². The van der Waals surface area contributed by atoms with Crippen molar-refractivity contribution in [2.24, 2.45) is 0 Å². The fourth-order valence-corrected chi connectivity index (χ4v) is 3.20. The van der Waals surface area contributed by atoms with Crippen LogP contribution in [0.2, 0.25) is 0 Å². The predicted molar refractivity (Wildman–Crippen MR) is 94.3 cm³/mol. The van der Waals surface area contributed by atoms with Gasteiger partial charge < -0.3 is 10.6 Å².